The number of imidazole rings is 1. The van der Waals surface area contributed by atoms with Gasteiger partial charge >= 0.3 is 0 Å². The van der Waals surface area contributed by atoms with E-state index in [1.807, 2.05) is 6.92 Å². The average molecular weight is 513 g/mol. The maximum Gasteiger partial charge on any atom is 0.248 e. The van der Waals surface area contributed by atoms with Crippen LogP contribution in [0.1, 0.15) is 31.6 Å². The van der Waals surface area contributed by atoms with Gasteiger partial charge in [0.2, 0.25) is 5.92 Å². The van der Waals surface area contributed by atoms with Crippen LogP contribution in [-0.2, 0) is 0 Å². The highest BCUT2D eigenvalue weighted by atomic mass is 35.5. The summed E-state index contributed by atoms with van der Waals surface area (Å²) in [5.74, 6) is -2.29. The molecule has 5 aromatic rings. The molecule has 1 N–H and O–H groups in total. The first-order valence-corrected chi connectivity index (χ1v) is 11.8. The molecule has 0 radical (unpaired) electrons. The van der Waals surface area contributed by atoms with Gasteiger partial charge in [-0.3, -0.25) is 4.68 Å². The van der Waals surface area contributed by atoms with Gasteiger partial charge in [0.05, 0.1) is 28.8 Å². The Bertz CT molecular complexity index is 1620. The molecule has 0 saturated heterocycles. The Morgan fingerprint density at radius 2 is 1.94 bits per heavy atom. The summed E-state index contributed by atoms with van der Waals surface area (Å²) in [4.78, 5) is 16.2. The first-order chi connectivity index (χ1) is 17.2. The van der Waals surface area contributed by atoms with Crippen molar-refractivity contribution in [2.75, 3.05) is 0 Å². The Morgan fingerprint density at radius 3 is 2.72 bits per heavy atom. The number of alkyl halides is 2. The predicted octanol–water partition coefficient (Wildman–Crippen LogP) is 6.87. The van der Waals surface area contributed by atoms with Gasteiger partial charge in [0.1, 0.15) is 22.8 Å². The molecule has 1 aliphatic carbocycles. The van der Waals surface area contributed by atoms with E-state index >= 15 is 0 Å². The maximum absolute atomic E-state index is 14.9. The van der Waals surface area contributed by atoms with E-state index in [9.17, 15) is 13.2 Å². The minimum atomic E-state index is -2.59. The quantitative estimate of drug-likeness (QED) is 0.278. The Hall–Kier alpha value is -3.66. The number of benzene rings is 2. The summed E-state index contributed by atoms with van der Waals surface area (Å²) >= 11 is 6.41. The zero-order valence-electron chi connectivity index (χ0n) is 19.3. The number of nitrogens with zero attached hydrogens (tertiary/aromatic N) is 5. The number of fused-ring (bicyclic) bond motifs is 2. The molecule has 0 amide bonds. The molecule has 184 valence electrons. The minimum Gasteiger partial charge on any atom is -0.454 e. The summed E-state index contributed by atoms with van der Waals surface area (Å²) < 4.78 is 49.0. The average Bonchev–Trinajstić information content (AvgIpc) is 3.45. The van der Waals surface area contributed by atoms with Gasteiger partial charge in [-0.1, -0.05) is 11.6 Å². The Balaban J connectivity index is 1.30. The van der Waals surface area contributed by atoms with Crippen LogP contribution >= 0.6 is 11.6 Å². The van der Waals surface area contributed by atoms with E-state index in [4.69, 9.17) is 16.3 Å². The van der Waals surface area contributed by atoms with E-state index in [-0.39, 0.29) is 41.2 Å². The second-order valence-corrected chi connectivity index (χ2v) is 9.54. The number of rotatable bonds is 5. The van der Waals surface area contributed by atoms with Crippen molar-refractivity contribution >= 4 is 33.7 Å². The third kappa shape index (κ3) is 3.95. The lowest BCUT2D eigenvalue weighted by Gasteiger charge is -2.38. The summed E-state index contributed by atoms with van der Waals surface area (Å²) in [5, 5.41) is 4.53. The second kappa shape index (κ2) is 8.19. The zero-order chi connectivity index (χ0) is 25.2. The van der Waals surface area contributed by atoms with Crippen LogP contribution in [0, 0.1) is 18.7 Å². The van der Waals surface area contributed by atoms with Crippen molar-refractivity contribution in [2.45, 2.75) is 38.7 Å². The molecule has 2 aromatic carbocycles. The standard InChI is InChI=1S/C25H20ClF3N6O/c1-12(14-8-25(28,29)9-14)35-11-15(10-30-35)22-24(26)34-17-4-3-16(7-19(17)33-22)36-20-6-5-18-23(21(20)27)32-13(2)31-18/h3-7,10-12,14H,8-9H2,1-2H3,(H,31,32)/t12-/m0/s1. The van der Waals surface area contributed by atoms with E-state index < -0.39 is 11.7 Å². The van der Waals surface area contributed by atoms with Gasteiger partial charge in [-0.2, -0.15) is 5.10 Å². The highest BCUT2D eigenvalue weighted by Gasteiger charge is 2.48. The number of hydrogen-bond acceptors (Lipinski definition) is 5. The number of aromatic nitrogens is 6. The van der Waals surface area contributed by atoms with Crippen molar-refractivity contribution in [1.82, 2.24) is 29.7 Å². The number of hydrogen-bond donors (Lipinski definition) is 1. The molecule has 1 aliphatic rings. The van der Waals surface area contributed by atoms with Crippen molar-refractivity contribution in [3.8, 4) is 22.8 Å². The van der Waals surface area contributed by atoms with Gasteiger partial charge in [-0.05, 0) is 44.0 Å². The van der Waals surface area contributed by atoms with Crippen LogP contribution in [0.4, 0.5) is 13.2 Å². The lowest BCUT2D eigenvalue weighted by Crippen LogP contribution is -2.39. The molecule has 7 nitrogen and oxygen atoms in total. The van der Waals surface area contributed by atoms with Crippen LogP contribution in [0.2, 0.25) is 5.15 Å². The van der Waals surface area contributed by atoms with Crippen molar-refractivity contribution in [2.24, 2.45) is 5.92 Å². The zero-order valence-corrected chi connectivity index (χ0v) is 20.0. The highest BCUT2D eigenvalue weighted by Crippen LogP contribution is 2.47. The van der Waals surface area contributed by atoms with E-state index in [1.165, 1.54) is 6.07 Å². The highest BCUT2D eigenvalue weighted by molar-refractivity contribution is 6.32. The van der Waals surface area contributed by atoms with Crippen molar-refractivity contribution in [3.63, 3.8) is 0 Å². The van der Waals surface area contributed by atoms with Gasteiger partial charge in [-0.15, -0.1) is 0 Å². The number of nitrogens with one attached hydrogen (secondary N) is 1. The lowest BCUT2D eigenvalue weighted by molar-refractivity contribution is -0.122. The lowest BCUT2D eigenvalue weighted by atomic mass is 9.77. The Morgan fingerprint density at radius 1 is 1.14 bits per heavy atom. The molecule has 0 bridgehead atoms. The summed E-state index contributed by atoms with van der Waals surface area (Å²) in [7, 11) is 0. The van der Waals surface area contributed by atoms with Crippen LogP contribution < -0.4 is 4.74 Å². The Labute approximate surface area is 208 Å². The third-order valence-corrected chi connectivity index (χ3v) is 6.86. The summed E-state index contributed by atoms with van der Waals surface area (Å²) in [5.41, 5.74) is 2.83. The summed E-state index contributed by atoms with van der Waals surface area (Å²) in [6.07, 6.45) is 3.04. The van der Waals surface area contributed by atoms with Gasteiger partial charge in [0.15, 0.2) is 16.7 Å². The van der Waals surface area contributed by atoms with E-state index in [2.05, 4.69) is 25.0 Å². The fourth-order valence-corrected chi connectivity index (χ4v) is 4.80. The number of aryl methyl sites for hydroxylation is 1. The number of halogens is 4. The first kappa shape index (κ1) is 22.8. The van der Waals surface area contributed by atoms with Crippen molar-refractivity contribution in [1.29, 1.82) is 0 Å². The number of H-pyrrole nitrogens is 1. The molecule has 0 unspecified atom stereocenters. The SMILES string of the molecule is Cc1nc2c(F)c(Oc3ccc4nc(Cl)c(-c5cnn([C@@H](C)C6CC(F)(F)C6)c5)nc4c3)ccc2[nH]1. The normalized spacial score (nSPS) is 16.4. The fraction of sp³-hybridized carbons (Fsp3) is 0.280. The van der Waals surface area contributed by atoms with Crippen LogP contribution in [-0.4, -0.2) is 35.6 Å². The van der Waals surface area contributed by atoms with Gasteiger partial charge in [0.25, 0.3) is 0 Å². The second-order valence-electron chi connectivity index (χ2n) is 9.19. The topological polar surface area (TPSA) is 81.5 Å². The van der Waals surface area contributed by atoms with Crippen LogP contribution in [0.15, 0.2) is 42.7 Å². The fourth-order valence-electron chi connectivity index (χ4n) is 4.56. The molecule has 1 saturated carbocycles. The molecule has 0 aliphatic heterocycles. The van der Waals surface area contributed by atoms with Gasteiger partial charge in [0, 0.05) is 30.7 Å². The van der Waals surface area contributed by atoms with Gasteiger partial charge < -0.3 is 9.72 Å². The summed E-state index contributed by atoms with van der Waals surface area (Å²) in [6.45, 7) is 3.62. The number of ether oxygens (including phenoxy) is 1. The minimum absolute atomic E-state index is 0.0346. The molecule has 3 aromatic heterocycles. The van der Waals surface area contributed by atoms with Gasteiger partial charge in [-0.25, -0.2) is 28.1 Å². The predicted molar refractivity (Wildman–Crippen MR) is 129 cm³/mol. The van der Waals surface area contributed by atoms with Crippen LogP contribution in [0.3, 0.4) is 0 Å². The van der Waals surface area contributed by atoms with Crippen molar-refractivity contribution < 1.29 is 17.9 Å². The monoisotopic (exact) mass is 512 g/mol. The molecule has 3 heterocycles. The van der Waals surface area contributed by atoms with Crippen molar-refractivity contribution in [3.05, 3.63) is 59.5 Å². The molecular weight excluding hydrogens is 493 g/mol. The molecule has 1 fully saturated rings. The number of aromatic amines is 1. The molecule has 11 heteroatoms. The Kier molecular flexibility index (Phi) is 5.18. The van der Waals surface area contributed by atoms with E-state index in [0.717, 1.165) is 0 Å². The molecule has 36 heavy (non-hydrogen) atoms. The molecule has 0 spiro atoms. The first-order valence-electron chi connectivity index (χ1n) is 11.4. The van der Waals surface area contributed by atoms with Crippen LogP contribution in [0.25, 0.3) is 33.3 Å². The molecule has 6 rings (SSSR count). The maximum atomic E-state index is 14.9. The largest absolute Gasteiger partial charge is 0.454 e. The summed E-state index contributed by atoms with van der Waals surface area (Å²) in [6, 6.07) is 8.04. The molecule has 1 atom stereocenters. The third-order valence-electron chi connectivity index (χ3n) is 6.59. The van der Waals surface area contributed by atoms with Crippen LogP contribution in [0.5, 0.6) is 11.5 Å². The molecular formula is C25H20ClF3N6O. The van der Waals surface area contributed by atoms with E-state index in [0.29, 0.717) is 39.4 Å². The van der Waals surface area contributed by atoms with E-state index in [1.54, 1.807) is 48.3 Å². The smallest absolute Gasteiger partial charge is 0.248 e.